The number of aromatic nitrogens is 1. The van der Waals surface area contributed by atoms with Gasteiger partial charge in [-0.15, -0.1) is 0 Å². The minimum atomic E-state index is -0.548. The number of pyridine rings is 1. The number of fused-ring (bicyclic) bond motifs is 1. The highest BCUT2D eigenvalue weighted by atomic mass is 16.5. The zero-order chi connectivity index (χ0) is 14.5. The molecule has 0 bridgehead atoms. The molecular formula is C15H20N2O3. The maximum atomic E-state index is 9.75. The van der Waals surface area contributed by atoms with Crippen LogP contribution in [0, 0.1) is 6.92 Å². The lowest BCUT2D eigenvalue weighted by Gasteiger charge is -2.16. The Balaban J connectivity index is 2.34. The number of anilines is 1. The van der Waals surface area contributed by atoms with E-state index in [1.807, 2.05) is 25.1 Å². The highest BCUT2D eigenvalue weighted by molar-refractivity contribution is 5.96. The third-order valence-electron chi connectivity index (χ3n) is 3.14. The monoisotopic (exact) mass is 276 g/mol. The lowest BCUT2D eigenvalue weighted by Crippen LogP contribution is -2.24. The second-order valence-corrected chi connectivity index (χ2v) is 4.66. The second-order valence-electron chi connectivity index (χ2n) is 4.66. The number of ether oxygens (including phenoxy) is 2. The number of hydrogen-bond acceptors (Lipinski definition) is 5. The van der Waals surface area contributed by atoms with Crippen LogP contribution in [0.25, 0.3) is 10.9 Å². The van der Waals surface area contributed by atoms with Crippen molar-refractivity contribution in [3.05, 3.63) is 30.0 Å². The first-order chi connectivity index (χ1) is 9.67. The molecule has 0 amide bonds. The molecule has 5 nitrogen and oxygen atoms in total. The molecule has 0 aliphatic rings. The van der Waals surface area contributed by atoms with Gasteiger partial charge >= 0.3 is 0 Å². The molecule has 1 aromatic heterocycles. The summed E-state index contributed by atoms with van der Waals surface area (Å²) in [6.07, 6.45) is 1.25. The Morgan fingerprint density at radius 2 is 2.15 bits per heavy atom. The molecule has 0 saturated carbocycles. The number of para-hydroxylation sites is 1. The Kier molecular flexibility index (Phi) is 4.76. The van der Waals surface area contributed by atoms with Crippen molar-refractivity contribution >= 4 is 16.6 Å². The SMILES string of the molecule is COCC(O)CNc1c(C)cnc2c(OC)cccc12. The fourth-order valence-electron chi connectivity index (χ4n) is 2.17. The molecule has 1 atom stereocenters. The van der Waals surface area contributed by atoms with E-state index >= 15 is 0 Å². The molecule has 0 aliphatic carbocycles. The summed E-state index contributed by atoms with van der Waals surface area (Å²) in [5.74, 6) is 0.739. The zero-order valence-corrected chi connectivity index (χ0v) is 12.0. The van der Waals surface area contributed by atoms with Gasteiger partial charge in [-0.1, -0.05) is 12.1 Å². The number of aliphatic hydroxyl groups excluding tert-OH is 1. The highest BCUT2D eigenvalue weighted by Crippen LogP contribution is 2.30. The molecular weight excluding hydrogens is 256 g/mol. The Morgan fingerprint density at radius 3 is 2.85 bits per heavy atom. The summed E-state index contributed by atoms with van der Waals surface area (Å²) in [5, 5.41) is 14.0. The van der Waals surface area contributed by atoms with Crippen LogP contribution in [0.15, 0.2) is 24.4 Å². The maximum Gasteiger partial charge on any atom is 0.145 e. The van der Waals surface area contributed by atoms with E-state index in [2.05, 4.69) is 10.3 Å². The van der Waals surface area contributed by atoms with E-state index in [0.29, 0.717) is 13.2 Å². The van der Waals surface area contributed by atoms with Crippen molar-refractivity contribution in [1.29, 1.82) is 0 Å². The van der Waals surface area contributed by atoms with E-state index in [1.165, 1.54) is 0 Å². The number of aliphatic hydroxyl groups is 1. The molecule has 1 heterocycles. The summed E-state index contributed by atoms with van der Waals surface area (Å²) in [6, 6.07) is 5.80. The van der Waals surface area contributed by atoms with E-state index in [-0.39, 0.29) is 0 Å². The molecule has 20 heavy (non-hydrogen) atoms. The van der Waals surface area contributed by atoms with Crippen molar-refractivity contribution in [2.24, 2.45) is 0 Å². The van der Waals surface area contributed by atoms with Crippen molar-refractivity contribution in [3.8, 4) is 5.75 Å². The zero-order valence-electron chi connectivity index (χ0n) is 12.0. The number of methoxy groups -OCH3 is 2. The van der Waals surface area contributed by atoms with E-state index in [9.17, 15) is 5.11 Å². The van der Waals surface area contributed by atoms with Crippen LogP contribution in [-0.2, 0) is 4.74 Å². The molecule has 108 valence electrons. The Labute approximate surface area is 118 Å². The summed E-state index contributed by atoms with van der Waals surface area (Å²) >= 11 is 0. The van der Waals surface area contributed by atoms with E-state index in [4.69, 9.17) is 9.47 Å². The van der Waals surface area contributed by atoms with Gasteiger partial charge in [0.2, 0.25) is 0 Å². The van der Waals surface area contributed by atoms with Crippen LogP contribution in [-0.4, -0.2) is 43.6 Å². The van der Waals surface area contributed by atoms with Gasteiger partial charge in [0.05, 0.1) is 19.8 Å². The topological polar surface area (TPSA) is 63.6 Å². The summed E-state index contributed by atoms with van der Waals surface area (Å²) in [5.41, 5.74) is 2.80. The van der Waals surface area contributed by atoms with Crippen LogP contribution < -0.4 is 10.1 Å². The molecule has 0 fully saturated rings. The predicted octanol–water partition coefficient (Wildman–Crippen LogP) is 1.97. The normalized spacial score (nSPS) is 12.4. The van der Waals surface area contributed by atoms with Gasteiger partial charge in [0.1, 0.15) is 11.3 Å². The lowest BCUT2D eigenvalue weighted by atomic mass is 10.1. The van der Waals surface area contributed by atoms with Gasteiger partial charge in [-0.05, 0) is 18.6 Å². The first-order valence-electron chi connectivity index (χ1n) is 6.50. The first-order valence-corrected chi connectivity index (χ1v) is 6.50. The molecule has 5 heteroatoms. The van der Waals surface area contributed by atoms with E-state index in [1.54, 1.807) is 20.4 Å². The van der Waals surface area contributed by atoms with Crippen molar-refractivity contribution in [2.45, 2.75) is 13.0 Å². The van der Waals surface area contributed by atoms with Gasteiger partial charge in [-0.2, -0.15) is 0 Å². The third-order valence-corrected chi connectivity index (χ3v) is 3.14. The Morgan fingerprint density at radius 1 is 1.35 bits per heavy atom. The summed E-state index contributed by atoms with van der Waals surface area (Å²) < 4.78 is 10.3. The summed E-state index contributed by atoms with van der Waals surface area (Å²) in [7, 11) is 3.20. The van der Waals surface area contributed by atoms with Crippen LogP contribution in [0.4, 0.5) is 5.69 Å². The number of aryl methyl sites for hydroxylation is 1. The van der Waals surface area contributed by atoms with Gasteiger partial charge in [0.15, 0.2) is 0 Å². The number of rotatable bonds is 6. The number of hydrogen-bond donors (Lipinski definition) is 2. The summed E-state index contributed by atoms with van der Waals surface area (Å²) in [4.78, 5) is 4.42. The number of nitrogens with zero attached hydrogens (tertiary/aromatic N) is 1. The smallest absolute Gasteiger partial charge is 0.145 e. The van der Waals surface area contributed by atoms with E-state index in [0.717, 1.165) is 27.9 Å². The maximum absolute atomic E-state index is 9.75. The number of nitrogens with one attached hydrogen (secondary N) is 1. The second kappa shape index (κ2) is 6.54. The standard InChI is InChI=1S/C15H20N2O3/c1-10-7-16-15-12(5-4-6-13(15)20-3)14(10)17-8-11(18)9-19-2/h4-7,11,18H,8-9H2,1-3H3,(H,16,17). The molecule has 1 aromatic carbocycles. The van der Waals surface area contributed by atoms with Crippen molar-refractivity contribution < 1.29 is 14.6 Å². The number of benzene rings is 1. The molecule has 1 unspecified atom stereocenters. The van der Waals surface area contributed by atoms with E-state index < -0.39 is 6.10 Å². The van der Waals surface area contributed by atoms with Crippen LogP contribution >= 0.6 is 0 Å². The van der Waals surface area contributed by atoms with Crippen LogP contribution in [0.1, 0.15) is 5.56 Å². The molecule has 0 radical (unpaired) electrons. The third kappa shape index (κ3) is 3.00. The van der Waals surface area contributed by atoms with Gasteiger partial charge < -0.3 is 19.9 Å². The molecule has 0 saturated heterocycles. The lowest BCUT2D eigenvalue weighted by molar-refractivity contribution is 0.0728. The molecule has 2 aromatic rings. The minimum Gasteiger partial charge on any atom is -0.494 e. The fourth-order valence-corrected chi connectivity index (χ4v) is 2.17. The predicted molar refractivity (Wildman–Crippen MR) is 79.4 cm³/mol. The van der Waals surface area contributed by atoms with Crippen molar-refractivity contribution in [2.75, 3.05) is 32.7 Å². The largest absolute Gasteiger partial charge is 0.494 e. The Hall–Kier alpha value is -1.85. The quantitative estimate of drug-likeness (QED) is 0.844. The van der Waals surface area contributed by atoms with Crippen molar-refractivity contribution in [3.63, 3.8) is 0 Å². The van der Waals surface area contributed by atoms with Gasteiger partial charge in [-0.3, -0.25) is 4.98 Å². The van der Waals surface area contributed by atoms with Crippen molar-refractivity contribution in [1.82, 2.24) is 4.98 Å². The average Bonchev–Trinajstić information content (AvgIpc) is 2.45. The molecule has 2 N–H and O–H groups in total. The van der Waals surface area contributed by atoms with Crippen LogP contribution in [0.2, 0.25) is 0 Å². The van der Waals surface area contributed by atoms with Gasteiger partial charge in [0.25, 0.3) is 0 Å². The molecule has 0 spiro atoms. The van der Waals surface area contributed by atoms with Gasteiger partial charge in [-0.25, -0.2) is 0 Å². The first kappa shape index (κ1) is 14.6. The highest BCUT2D eigenvalue weighted by Gasteiger charge is 2.11. The Bertz CT molecular complexity index is 587. The summed E-state index contributed by atoms with van der Waals surface area (Å²) in [6.45, 7) is 2.71. The minimum absolute atomic E-state index is 0.304. The average molecular weight is 276 g/mol. The fraction of sp³-hybridized carbons (Fsp3) is 0.400. The molecule has 0 aliphatic heterocycles. The van der Waals surface area contributed by atoms with Crippen LogP contribution in [0.5, 0.6) is 5.75 Å². The van der Waals surface area contributed by atoms with Crippen LogP contribution in [0.3, 0.4) is 0 Å². The van der Waals surface area contributed by atoms with Gasteiger partial charge in [0, 0.05) is 30.9 Å². The molecule has 2 rings (SSSR count).